The lowest BCUT2D eigenvalue weighted by molar-refractivity contribution is 0.604. The van der Waals surface area contributed by atoms with Crippen molar-refractivity contribution in [3.05, 3.63) is 48.5 Å². The Balaban J connectivity index is 2.26. The van der Waals surface area contributed by atoms with Crippen LogP contribution in [-0.2, 0) is 20.1 Å². The number of hydrogen-bond acceptors (Lipinski definition) is 4. The van der Waals surface area contributed by atoms with E-state index in [1.54, 1.807) is 27.4 Å². The van der Waals surface area contributed by atoms with E-state index >= 15 is 0 Å². The number of aromatic nitrogens is 4. The Morgan fingerprint density at radius 1 is 1.17 bits per heavy atom. The van der Waals surface area contributed by atoms with E-state index in [-0.39, 0.29) is 11.2 Å². The largest absolute Gasteiger partial charge is 0.332 e. The molecule has 0 unspecified atom stereocenters. The highest BCUT2D eigenvalue weighted by Crippen LogP contribution is 2.19. The zero-order chi connectivity index (χ0) is 17.4. The van der Waals surface area contributed by atoms with Crippen molar-refractivity contribution in [2.45, 2.75) is 33.9 Å². The number of fused-ring (bicyclic) bond motifs is 1. The third kappa shape index (κ3) is 2.45. The SMILES string of the molecule is CCn1c(=O)c2c(nc(/C=C/c3sccc3C)n2C)n(CC)c1=O. The highest BCUT2D eigenvalue weighted by molar-refractivity contribution is 7.11. The van der Waals surface area contributed by atoms with Gasteiger partial charge in [-0.3, -0.25) is 13.9 Å². The third-order valence-corrected chi connectivity index (χ3v) is 5.18. The first kappa shape index (κ1) is 16.4. The fourth-order valence-electron chi connectivity index (χ4n) is 2.80. The van der Waals surface area contributed by atoms with E-state index in [0.29, 0.717) is 30.1 Å². The van der Waals surface area contributed by atoms with E-state index in [9.17, 15) is 9.59 Å². The maximum Gasteiger partial charge on any atom is 0.332 e. The molecule has 0 aliphatic carbocycles. The average molecular weight is 344 g/mol. The van der Waals surface area contributed by atoms with Gasteiger partial charge >= 0.3 is 5.69 Å². The molecule has 3 rings (SSSR count). The van der Waals surface area contributed by atoms with Gasteiger partial charge in [-0.1, -0.05) is 0 Å². The topological polar surface area (TPSA) is 61.8 Å². The molecule has 0 aliphatic rings. The molecule has 0 radical (unpaired) electrons. The van der Waals surface area contributed by atoms with Crippen LogP contribution in [-0.4, -0.2) is 18.7 Å². The molecule has 0 aliphatic heterocycles. The molecule has 3 aromatic heterocycles. The Hall–Kier alpha value is -2.41. The fraction of sp³-hybridized carbons (Fsp3) is 0.353. The molecular formula is C17H20N4O2S. The van der Waals surface area contributed by atoms with Crippen LogP contribution in [0.25, 0.3) is 23.3 Å². The lowest BCUT2D eigenvalue weighted by Crippen LogP contribution is -2.39. The molecule has 0 atom stereocenters. The average Bonchev–Trinajstić information content (AvgIpc) is 3.10. The van der Waals surface area contributed by atoms with Crippen LogP contribution in [0.4, 0.5) is 0 Å². The van der Waals surface area contributed by atoms with Gasteiger partial charge in [-0.15, -0.1) is 11.3 Å². The van der Waals surface area contributed by atoms with Crippen molar-refractivity contribution in [3.63, 3.8) is 0 Å². The number of hydrogen-bond donors (Lipinski definition) is 0. The third-order valence-electron chi connectivity index (χ3n) is 4.19. The molecule has 6 nitrogen and oxygen atoms in total. The summed E-state index contributed by atoms with van der Waals surface area (Å²) in [4.78, 5) is 30.8. The van der Waals surface area contributed by atoms with Crippen molar-refractivity contribution in [2.75, 3.05) is 0 Å². The second-order valence-electron chi connectivity index (χ2n) is 5.58. The summed E-state index contributed by atoms with van der Waals surface area (Å²) in [6.45, 7) is 6.55. The Morgan fingerprint density at radius 2 is 1.88 bits per heavy atom. The highest BCUT2D eigenvalue weighted by Gasteiger charge is 2.17. The van der Waals surface area contributed by atoms with Crippen molar-refractivity contribution in [1.82, 2.24) is 18.7 Å². The van der Waals surface area contributed by atoms with Crippen LogP contribution in [0.15, 0.2) is 21.0 Å². The standard InChI is InChI=1S/C17H20N4O2S/c1-5-20-15-14(16(22)21(6-2)17(20)23)19(4)13(18-15)8-7-12-11(3)9-10-24-12/h7-10H,5-6H2,1-4H3/b8-7+. The van der Waals surface area contributed by atoms with Crippen LogP contribution in [0.1, 0.15) is 30.1 Å². The fourth-order valence-corrected chi connectivity index (χ4v) is 3.62. The quantitative estimate of drug-likeness (QED) is 0.730. The second-order valence-corrected chi connectivity index (χ2v) is 6.53. The molecule has 0 bridgehead atoms. The van der Waals surface area contributed by atoms with Gasteiger partial charge in [-0.2, -0.15) is 0 Å². The minimum atomic E-state index is -0.305. The summed E-state index contributed by atoms with van der Waals surface area (Å²) in [6, 6.07) is 2.06. The van der Waals surface area contributed by atoms with Gasteiger partial charge in [0.25, 0.3) is 5.56 Å². The summed E-state index contributed by atoms with van der Waals surface area (Å²) >= 11 is 1.66. The maximum atomic E-state index is 12.6. The predicted molar refractivity (Wildman–Crippen MR) is 98.6 cm³/mol. The lowest BCUT2D eigenvalue weighted by atomic mass is 10.3. The van der Waals surface area contributed by atoms with Crippen molar-refractivity contribution in [1.29, 1.82) is 0 Å². The zero-order valence-corrected chi connectivity index (χ0v) is 15.1. The summed E-state index contributed by atoms with van der Waals surface area (Å²) in [5, 5.41) is 2.04. The van der Waals surface area contributed by atoms with Crippen LogP contribution >= 0.6 is 11.3 Å². The monoisotopic (exact) mass is 344 g/mol. The van der Waals surface area contributed by atoms with Gasteiger partial charge in [0.1, 0.15) is 5.82 Å². The van der Waals surface area contributed by atoms with E-state index in [1.165, 1.54) is 10.1 Å². The van der Waals surface area contributed by atoms with Gasteiger partial charge in [0, 0.05) is 25.0 Å². The Labute approximate surface area is 143 Å². The number of imidazole rings is 1. The first-order valence-corrected chi connectivity index (χ1v) is 8.79. The van der Waals surface area contributed by atoms with E-state index < -0.39 is 0 Å². The number of aryl methyl sites for hydroxylation is 3. The van der Waals surface area contributed by atoms with Crippen LogP contribution < -0.4 is 11.2 Å². The van der Waals surface area contributed by atoms with Gasteiger partial charge in [0.2, 0.25) is 0 Å². The molecule has 0 amide bonds. The van der Waals surface area contributed by atoms with E-state index in [1.807, 2.05) is 31.5 Å². The maximum absolute atomic E-state index is 12.6. The van der Waals surface area contributed by atoms with Gasteiger partial charge < -0.3 is 4.57 Å². The van der Waals surface area contributed by atoms with E-state index in [2.05, 4.69) is 18.0 Å². The summed E-state index contributed by atoms with van der Waals surface area (Å²) < 4.78 is 4.56. The molecule has 24 heavy (non-hydrogen) atoms. The molecule has 3 heterocycles. The highest BCUT2D eigenvalue weighted by atomic mass is 32.1. The van der Waals surface area contributed by atoms with Crippen molar-refractivity contribution < 1.29 is 0 Å². The van der Waals surface area contributed by atoms with Gasteiger partial charge in [0.15, 0.2) is 11.2 Å². The number of thiophene rings is 1. The number of rotatable bonds is 4. The zero-order valence-electron chi connectivity index (χ0n) is 14.2. The van der Waals surface area contributed by atoms with Crippen molar-refractivity contribution in [3.8, 4) is 0 Å². The summed E-state index contributed by atoms with van der Waals surface area (Å²) in [5.74, 6) is 0.658. The van der Waals surface area contributed by atoms with E-state index in [4.69, 9.17) is 0 Å². The first-order valence-electron chi connectivity index (χ1n) is 7.91. The molecule has 126 valence electrons. The smallest absolute Gasteiger partial charge is 0.322 e. The van der Waals surface area contributed by atoms with Crippen LogP contribution in [0.2, 0.25) is 0 Å². The Morgan fingerprint density at radius 3 is 2.46 bits per heavy atom. The lowest BCUT2D eigenvalue weighted by Gasteiger charge is -2.08. The molecule has 3 aromatic rings. The van der Waals surface area contributed by atoms with Crippen LogP contribution in [0.3, 0.4) is 0 Å². The molecule has 0 spiro atoms. The Kier molecular flexibility index (Phi) is 4.28. The van der Waals surface area contributed by atoms with Crippen LogP contribution in [0, 0.1) is 6.92 Å². The van der Waals surface area contributed by atoms with E-state index in [0.717, 1.165) is 4.88 Å². The second kappa shape index (κ2) is 6.24. The van der Waals surface area contributed by atoms with Crippen molar-refractivity contribution >= 4 is 34.7 Å². The molecule has 0 fully saturated rings. The number of nitrogens with zero attached hydrogens (tertiary/aromatic N) is 4. The Bertz CT molecular complexity index is 1050. The molecular weight excluding hydrogens is 324 g/mol. The molecule has 0 saturated carbocycles. The van der Waals surface area contributed by atoms with Crippen LogP contribution in [0.5, 0.6) is 0 Å². The molecule has 7 heteroatoms. The molecule has 0 saturated heterocycles. The predicted octanol–water partition coefficient (Wildman–Crippen LogP) is 2.48. The molecule has 0 aromatic carbocycles. The van der Waals surface area contributed by atoms with Gasteiger partial charge in [-0.25, -0.2) is 9.78 Å². The minimum Gasteiger partial charge on any atom is -0.322 e. The molecule has 0 N–H and O–H groups in total. The summed E-state index contributed by atoms with van der Waals surface area (Å²) in [5.41, 5.74) is 1.52. The minimum absolute atomic E-state index is 0.288. The summed E-state index contributed by atoms with van der Waals surface area (Å²) in [6.07, 6.45) is 3.88. The van der Waals surface area contributed by atoms with Crippen molar-refractivity contribution in [2.24, 2.45) is 7.05 Å². The summed E-state index contributed by atoms with van der Waals surface area (Å²) in [7, 11) is 1.81. The van der Waals surface area contributed by atoms with Gasteiger partial charge in [0.05, 0.1) is 0 Å². The van der Waals surface area contributed by atoms with Gasteiger partial charge in [-0.05, 0) is 49.9 Å². The normalized spacial score (nSPS) is 11.8. The first-order chi connectivity index (χ1) is 11.5.